The van der Waals surface area contributed by atoms with Gasteiger partial charge in [-0.05, 0) is 20.3 Å². The fourth-order valence-corrected chi connectivity index (χ4v) is 1.93. The average Bonchev–Trinajstić information content (AvgIpc) is 2.60. The molecule has 2 aliphatic heterocycles. The molecule has 4 nitrogen and oxygen atoms in total. The van der Waals surface area contributed by atoms with E-state index in [1.807, 2.05) is 6.92 Å². The van der Waals surface area contributed by atoms with Crippen molar-refractivity contribution in [3.8, 4) is 0 Å². The summed E-state index contributed by atoms with van der Waals surface area (Å²) in [5.41, 5.74) is 0.0747. The Labute approximate surface area is 82.5 Å². The summed E-state index contributed by atoms with van der Waals surface area (Å²) in [4.78, 5) is 24.6. The lowest BCUT2D eigenvalue weighted by molar-refractivity contribution is -0.143. The Morgan fingerprint density at radius 1 is 1.50 bits per heavy atom. The van der Waals surface area contributed by atoms with Gasteiger partial charge < -0.3 is 4.74 Å². The van der Waals surface area contributed by atoms with Gasteiger partial charge in [-0.1, -0.05) is 0 Å². The number of hydrogen-bond acceptors (Lipinski definition) is 3. The number of carbonyl (C=O) groups excluding carboxylic acids is 2. The first kappa shape index (κ1) is 9.40. The van der Waals surface area contributed by atoms with E-state index in [9.17, 15) is 9.59 Å². The summed E-state index contributed by atoms with van der Waals surface area (Å²) in [7, 11) is 0. The number of imide groups is 1. The lowest BCUT2D eigenvalue weighted by atomic mass is 9.99. The first-order valence-corrected chi connectivity index (χ1v) is 4.69. The Morgan fingerprint density at radius 2 is 2.21 bits per heavy atom. The van der Waals surface area contributed by atoms with Gasteiger partial charge in [-0.15, -0.1) is 0 Å². The Kier molecular flexibility index (Phi) is 1.96. The van der Waals surface area contributed by atoms with Crippen molar-refractivity contribution in [2.24, 2.45) is 0 Å². The van der Waals surface area contributed by atoms with Crippen LogP contribution in [0.4, 0.5) is 0 Å². The zero-order chi connectivity index (χ0) is 10.3. The summed E-state index contributed by atoms with van der Waals surface area (Å²) in [5, 5.41) is 0. The highest BCUT2D eigenvalue weighted by atomic mass is 16.5. The number of rotatable bonds is 1. The minimum Gasteiger partial charge on any atom is -0.379 e. The number of amides is 2. The second-order valence-electron chi connectivity index (χ2n) is 4.11. The first-order valence-electron chi connectivity index (χ1n) is 4.69. The quantitative estimate of drug-likeness (QED) is 0.572. The van der Waals surface area contributed by atoms with Crippen molar-refractivity contribution >= 4 is 11.8 Å². The molecule has 0 N–H and O–H groups in total. The molecule has 2 aliphatic rings. The summed E-state index contributed by atoms with van der Waals surface area (Å²) in [5.74, 6) is -0.386. The van der Waals surface area contributed by atoms with Gasteiger partial charge in [0.15, 0.2) is 0 Å². The van der Waals surface area contributed by atoms with Crippen LogP contribution in [0.15, 0.2) is 11.6 Å². The van der Waals surface area contributed by atoms with E-state index >= 15 is 0 Å². The largest absolute Gasteiger partial charge is 0.379 e. The molecule has 1 fully saturated rings. The molecule has 14 heavy (non-hydrogen) atoms. The number of nitrogens with zero attached hydrogens (tertiary/aromatic N) is 1. The normalized spacial score (nSPS) is 32.7. The molecule has 1 saturated heterocycles. The molecule has 2 rings (SSSR count). The zero-order valence-electron chi connectivity index (χ0n) is 8.37. The molecule has 0 spiro atoms. The maximum Gasteiger partial charge on any atom is 0.257 e. The summed E-state index contributed by atoms with van der Waals surface area (Å²) in [6, 6.07) is 0. The molecule has 0 bridgehead atoms. The third-order valence-electron chi connectivity index (χ3n) is 2.84. The van der Waals surface area contributed by atoms with Crippen LogP contribution >= 0.6 is 0 Å². The van der Waals surface area contributed by atoms with E-state index in [4.69, 9.17) is 4.74 Å². The summed E-state index contributed by atoms with van der Waals surface area (Å²) >= 11 is 0. The molecular weight excluding hydrogens is 182 g/mol. The molecule has 0 aromatic heterocycles. The molecule has 76 valence electrons. The van der Waals surface area contributed by atoms with Crippen LogP contribution < -0.4 is 0 Å². The van der Waals surface area contributed by atoms with Crippen LogP contribution in [0, 0.1) is 0 Å². The first-order chi connectivity index (χ1) is 6.54. The van der Waals surface area contributed by atoms with Crippen LogP contribution in [0.2, 0.25) is 0 Å². The molecule has 0 radical (unpaired) electrons. The third-order valence-corrected chi connectivity index (χ3v) is 2.84. The Hall–Kier alpha value is -1.16. The fraction of sp³-hybridized carbons (Fsp3) is 0.600. The molecule has 2 amide bonds. The van der Waals surface area contributed by atoms with Gasteiger partial charge in [0.2, 0.25) is 0 Å². The van der Waals surface area contributed by atoms with Crippen molar-refractivity contribution in [3.05, 3.63) is 11.6 Å². The SMILES string of the molecule is CC1=CC(=O)N(C2(C)CCOC2)C1=O. The zero-order valence-corrected chi connectivity index (χ0v) is 8.37. The molecule has 0 aliphatic carbocycles. The monoisotopic (exact) mass is 195 g/mol. The molecular formula is C10H13NO3. The van der Waals surface area contributed by atoms with Gasteiger partial charge in [0.1, 0.15) is 0 Å². The van der Waals surface area contributed by atoms with Crippen molar-refractivity contribution < 1.29 is 14.3 Å². The lowest BCUT2D eigenvalue weighted by Gasteiger charge is -2.32. The highest BCUT2D eigenvalue weighted by Crippen LogP contribution is 2.30. The molecule has 4 heteroatoms. The lowest BCUT2D eigenvalue weighted by Crippen LogP contribution is -2.50. The van der Waals surface area contributed by atoms with E-state index in [1.54, 1.807) is 6.92 Å². The van der Waals surface area contributed by atoms with Gasteiger partial charge in [-0.25, -0.2) is 0 Å². The van der Waals surface area contributed by atoms with Gasteiger partial charge in [0.05, 0.1) is 12.1 Å². The van der Waals surface area contributed by atoms with Crippen molar-refractivity contribution in [3.63, 3.8) is 0 Å². The molecule has 1 atom stereocenters. The highest BCUT2D eigenvalue weighted by molar-refractivity contribution is 6.16. The van der Waals surface area contributed by atoms with Crippen molar-refractivity contribution in [2.45, 2.75) is 25.8 Å². The maximum atomic E-state index is 11.7. The number of hydrogen-bond donors (Lipinski definition) is 0. The Bertz CT molecular complexity index is 326. The highest BCUT2D eigenvalue weighted by Gasteiger charge is 2.45. The maximum absolute atomic E-state index is 11.7. The number of carbonyl (C=O) groups is 2. The Balaban J connectivity index is 2.28. The van der Waals surface area contributed by atoms with Crippen LogP contribution in [-0.4, -0.2) is 35.5 Å². The van der Waals surface area contributed by atoms with E-state index in [-0.39, 0.29) is 11.8 Å². The van der Waals surface area contributed by atoms with Gasteiger partial charge >= 0.3 is 0 Å². The van der Waals surface area contributed by atoms with Gasteiger partial charge in [-0.3, -0.25) is 14.5 Å². The summed E-state index contributed by atoms with van der Waals surface area (Å²) in [6.07, 6.45) is 2.12. The van der Waals surface area contributed by atoms with Crippen LogP contribution in [-0.2, 0) is 14.3 Å². The molecule has 0 saturated carbocycles. The van der Waals surface area contributed by atoms with Crippen LogP contribution in [0.5, 0.6) is 0 Å². The van der Waals surface area contributed by atoms with Gasteiger partial charge in [-0.2, -0.15) is 0 Å². The topological polar surface area (TPSA) is 46.6 Å². The second kappa shape index (κ2) is 2.92. The van der Waals surface area contributed by atoms with E-state index in [0.29, 0.717) is 18.8 Å². The van der Waals surface area contributed by atoms with Crippen LogP contribution in [0.25, 0.3) is 0 Å². The van der Waals surface area contributed by atoms with Gasteiger partial charge in [0, 0.05) is 18.3 Å². The van der Waals surface area contributed by atoms with Crippen molar-refractivity contribution in [2.75, 3.05) is 13.2 Å². The minimum absolute atomic E-state index is 0.178. The molecule has 0 aromatic carbocycles. The molecule has 0 aromatic rings. The Morgan fingerprint density at radius 3 is 2.64 bits per heavy atom. The van der Waals surface area contributed by atoms with E-state index in [1.165, 1.54) is 11.0 Å². The van der Waals surface area contributed by atoms with Gasteiger partial charge in [0.25, 0.3) is 11.8 Å². The van der Waals surface area contributed by atoms with E-state index in [0.717, 1.165) is 6.42 Å². The van der Waals surface area contributed by atoms with E-state index < -0.39 is 5.54 Å². The summed E-state index contributed by atoms with van der Waals surface area (Å²) in [6.45, 7) is 4.62. The molecule has 2 heterocycles. The van der Waals surface area contributed by atoms with Crippen molar-refractivity contribution in [1.29, 1.82) is 0 Å². The van der Waals surface area contributed by atoms with Crippen molar-refractivity contribution in [1.82, 2.24) is 4.90 Å². The smallest absolute Gasteiger partial charge is 0.257 e. The molecule has 1 unspecified atom stereocenters. The van der Waals surface area contributed by atoms with Crippen LogP contribution in [0.1, 0.15) is 20.3 Å². The number of ether oxygens (including phenoxy) is 1. The second-order valence-corrected chi connectivity index (χ2v) is 4.11. The third kappa shape index (κ3) is 1.18. The average molecular weight is 195 g/mol. The standard InChI is InChI=1S/C10H13NO3/c1-7-5-8(12)11(9(7)13)10(2)3-4-14-6-10/h5H,3-4,6H2,1-2H3. The van der Waals surface area contributed by atoms with E-state index in [2.05, 4.69) is 0 Å². The predicted octanol–water partition coefficient (Wildman–Crippen LogP) is 0.480. The summed E-state index contributed by atoms with van der Waals surface area (Å²) < 4.78 is 5.24. The fourth-order valence-electron chi connectivity index (χ4n) is 1.93. The van der Waals surface area contributed by atoms with Crippen LogP contribution in [0.3, 0.4) is 0 Å². The minimum atomic E-state index is -0.442. The predicted molar refractivity (Wildman–Crippen MR) is 49.5 cm³/mol.